The highest BCUT2D eigenvalue weighted by Crippen LogP contribution is 2.35. The van der Waals surface area contributed by atoms with E-state index in [0.717, 1.165) is 37.1 Å². The second-order valence-corrected chi connectivity index (χ2v) is 8.87. The summed E-state index contributed by atoms with van der Waals surface area (Å²) in [7, 11) is 1.62. The van der Waals surface area contributed by atoms with E-state index >= 15 is 0 Å². The van der Waals surface area contributed by atoms with Crippen molar-refractivity contribution in [2.75, 3.05) is 17.7 Å². The number of carbonyl (C=O) groups is 1. The van der Waals surface area contributed by atoms with Crippen LogP contribution < -0.4 is 20.7 Å². The standard InChI is InChI=1S/C26H28FN7O2/c1-16(35)29-17-7-11-19(12-8-17)34-24-23(32-26(34)31-22-6-4-3-5-21(22)27)15-28-25(33-24)30-18-9-13-20(36-2)14-10-18/h3-6,9-10,13-15,17,19H,7-8,11-12H2,1-2H3,(H,29,35)(H,31,32)(H,28,30,33)/t17-,19+. The van der Waals surface area contributed by atoms with Gasteiger partial charge in [0.05, 0.1) is 19.0 Å². The van der Waals surface area contributed by atoms with Gasteiger partial charge >= 0.3 is 0 Å². The number of rotatable bonds is 7. The number of aromatic nitrogens is 4. The third-order valence-corrected chi connectivity index (χ3v) is 6.37. The molecule has 2 aromatic carbocycles. The molecule has 1 saturated carbocycles. The van der Waals surface area contributed by atoms with Crippen LogP contribution in [0.25, 0.3) is 11.2 Å². The van der Waals surface area contributed by atoms with Gasteiger partial charge in [0, 0.05) is 24.7 Å². The Morgan fingerprint density at radius 2 is 1.78 bits per heavy atom. The molecule has 3 N–H and O–H groups in total. The highest BCUT2D eigenvalue weighted by molar-refractivity contribution is 5.77. The number of carbonyl (C=O) groups excluding carboxylic acids is 1. The maximum atomic E-state index is 14.5. The molecule has 0 saturated heterocycles. The summed E-state index contributed by atoms with van der Waals surface area (Å²) in [5.74, 6) is 1.31. The zero-order valence-corrected chi connectivity index (χ0v) is 20.2. The van der Waals surface area contributed by atoms with Crippen LogP contribution >= 0.6 is 0 Å². The van der Waals surface area contributed by atoms with E-state index < -0.39 is 0 Å². The summed E-state index contributed by atoms with van der Waals surface area (Å²) in [6.07, 6.45) is 5.00. The van der Waals surface area contributed by atoms with Crippen LogP contribution in [0.2, 0.25) is 0 Å². The molecule has 5 rings (SSSR count). The van der Waals surface area contributed by atoms with Gasteiger partial charge < -0.3 is 20.7 Å². The number of ether oxygens (including phenoxy) is 1. The predicted molar refractivity (Wildman–Crippen MR) is 136 cm³/mol. The first-order chi connectivity index (χ1) is 17.5. The van der Waals surface area contributed by atoms with Crippen molar-refractivity contribution < 1.29 is 13.9 Å². The minimum Gasteiger partial charge on any atom is -0.497 e. The second-order valence-electron chi connectivity index (χ2n) is 8.87. The topological polar surface area (TPSA) is 106 Å². The summed E-state index contributed by atoms with van der Waals surface area (Å²) < 4.78 is 21.7. The molecule has 186 valence electrons. The van der Waals surface area contributed by atoms with Crippen LogP contribution in [0.15, 0.2) is 54.7 Å². The average Bonchev–Trinajstić information content (AvgIpc) is 3.23. The minimum absolute atomic E-state index is 0.0181. The molecule has 9 nitrogen and oxygen atoms in total. The van der Waals surface area contributed by atoms with Gasteiger partial charge in [-0.3, -0.25) is 9.36 Å². The molecule has 0 spiro atoms. The lowest BCUT2D eigenvalue weighted by molar-refractivity contribution is -0.119. The Bertz CT molecular complexity index is 1360. The van der Waals surface area contributed by atoms with Crippen LogP contribution in [-0.2, 0) is 4.79 Å². The number of hydrogen-bond acceptors (Lipinski definition) is 7. The molecule has 4 aromatic rings. The number of fused-ring (bicyclic) bond motifs is 1. The van der Waals surface area contributed by atoms with Crippen molar-refractivity contribution in [3.8, 4) is 5.75 Å². The zero-order chi connectivity index (χ0) is 25.1. The molecule has 1 amide bonds. The molecule has 10 heteroatoms. The van der Waals surface area contributed by atoms with Crippen molar-refractivity contribution >= 4 is 40.3 Å². The van der Waals surface area contributed by atoms with E-state index in [1.807, 2.05) is 28.8 Å². The molecule has 0 bridgehead atoms. The lowest BCUT2D eigenvalue weighted by Gasteiger charge is -2.30. The maximum absolute atomic E-state index is 14.5. The molecule has 1 aliphatic rings. The van der Waals surface area contributed by atoms with Gasteiger partial charge in [-0.1, -0.05) is 12.1 Å². The number of benzene rings is 2. The predicted octanol–water partition coefficient (Wildman–Crippen LogP) is 5.08. The summed E-state index contributed by atoms with van der Waals surface area (Å²) >= 11 is 0. The third-order valence-electron chi connectivity index (χ3n) is 6.37. The Kier molecular flexibility index (Phi) is 6.66. The first-order valence-corrected chi connectivity index (χ1v) is 11.9. The lowest BCUT2D eigenvalue weighted by atomic mass is 9.91. The van der Waals surface area contributed by atoms with E-state index in [2.05, 4.69) is 20.9 Å². The first-order valence-electron chi connectivity index (χ1n) is 11.9. The molecule has 0 radical (unpaired) electrons. The van der Waals surface area contributed by atoms with Gasteiger partial charge in [0.1, 0.15) is 17.1 Å². The van der Waals surface area contributed by atoms with Crippen molar-refractivity contribution in [2.45, 2.75) is 44.7 Å². The number of methoxy groups -OCH3 is 1. The van der Waals surface area contributed by atoms with E-state index in [0.29, 0.717) is 28.7 Å². The highest BCUT2D eigenvalue weighted by Gasteiger charge is 2.27. The highest BCUT2D eigenvalue weighted by atomic mass is 19.1. The molecule has 36 heavy (non-hydrogen) atoms. The van der Waals surface area contributed by atoms with Crippen LogP contribution in [0.1, 0.15) is 38.6 Å². The van der Waals surface area contributed by atoms with E-state index in [1.165, 1.54) is 6.07 Å². The number of imidazole rings is 1. The first kappa shape index (κ1) is 23.5. The molecule has 0 atom stereocenters. The number of nitrogens with zero attached hydrogens (tertiary/aromatic N) is 4. The van der Waals surface area contributed by atoms with Gasteiger partial charge in [-0.05, 0) is 62.1 Å². The van der Waals surface area contributed by atoms with Crippen LogP contribution in [0, 0.1) is 5.82 Å². The molecular formula is C26H28FN7O2. The zero-order valence-electron chi connectivity index (χ0n) is 20.2. The Hall–Kier alpha value is -4.21. The minimum atomic E-state index is -0.363. The molecule has 2 heterocycles. The monoisotopic (exact) mass is 489 g/mol. The van der Waals surface area contributed by atoms with Gasteiger partial charge in [0.2, 0.25) is 17.8 Å². The van der Waals surface area contributed by atoms with Crippen molar-refractivity contribution in [3.05, 3.63) is 60.5 Å². The summed E-state index contributed by atoms with van der Waals surface area (Å²) in [6, 6.07) is 14.2. The number of para-hydroxylation sites is 1. The Morgan fingerprint density at radius 1 is 1.03 bits per heavy atom. The fourth-order valence-electron chi connectivity index (χ4n) is 4.64. The Morgan fingerprint density at radius 3 is 2.47 bits per heavy atom. The fourth-order valence-corrected chi connectivity index (χ4v) is 4.64. The Labute approximate surface area is 208 Å². The van der Waals surface area contributed by atoms with Crippen molar-refractivity contribution in [1.82, 2.24) is 24.8 Å². The van der Waals surface area contributed by atoms with Crippen LogP contribution in [0.3, 0.4) is 0 Å². The molecule has 1 aliphatic carbocycles. The van der Waals surface area contributed by atoms with Gasteiger partial charge in [-0.2, -0.15) is 4.98 Å². The fraction of sp³-hybridized carbons (Fsp3) is 0.308. The third kappa shape index (κ3) is 5.07. The largest absolute Gasteiger partial charge is 0.497 e. The van der Waals surface area contributed by atoms with Crippen molar-refractivity contribution in [1.29, 1.82) is 0 Å². The summed E-state index contributed by atoms with van der Waals surface area (Å²) in [5, 5.41) is 9.40. The van der Waals surface area contributed by atoms with Crippen LogP contribution in [0.5, 0.6) is 5.75 Å². The quantitative estimate of drug-likeness (QED) is 0.332. The van der Waals surface area contributed by atoms with Crippen LogP contribution in [0.4, 0.5) is 27.7 Å². The number of amides is 1. The van der Waals surface area contributed by atoms with Gasteiger partial charge in [-0.15, -0.1) is 0 Å². The number of anilines is 4. The molecule has 0 aliphatic heterocycles. The second kappa shape index (κ2) is 10.2. The molecule has 2 aromatic heterocycles. The SMILES string of the molecule is COc1ccc(Nc2ncc3nc(Nc4ccccc4F)n([C@H]4CC[C@@H](NC(C)=O)CC4)c3n2)cc1. The lowest BCUT2D eigenvalue weighted by Crippen LogP contribution is -2.36. The summed E-state index contributed by atoms with van der Waals surface area (Å²) in [5.41, 5.74) is 2.42. The van der Waals surface area contributed by atoms with Gasteiger partial charge in [0.15, 0.2) is 5.65 Å². The number of halogens is 1. The summed E-state index contributed by atoms with van der Waals surface area (Å²) in [6.45, 7) is 1.54. The normalized spacial score (nSPS) is 17.5. The smallest absolute Gasteiger partial charge is 0.229 e. The number of nitrogens with one attached hydrogen (secondary N) is 3. The van der Waals surface area contributed by atoms with Gasteiger partial charge in [0.25, 0.3) is 0 Å². The van der Waals surface area contributed by atoms with Gasteiger partial charge in [-0.25, -0.2) is 14.4 Å². The Balaban J connectivity index is 1.49. The van der Waals surface area contributed by atoms with E-state index in [1.54, 1.807) is 38.4 Å². The number of hydrogen-bond donors (Lipinski definition) is 3. The molecular weight excluding hydrogens is 461 g/mol. The van der Waals surface area contributed by atoms with Crippen LogP contribution in [-0.4, -0.2) is 38.6 Å². The average molecular weight is 490 g/mol. The maximum Gasteiger partial charge on any atom is 0.229 e. The van der Waals surface area contributed by atoms with Crippen molar-refractivity contribution in [2.24, 2.45) is 0 Å². The van der Waals surface area contributed by atoms with Crippen molar-refractivity contribution in [3.63, 3.8) is 0 Å². The molecule has 0 unspecified atom stereocenters. The van der Waals surface area contributed by atoms with E-state index in [4.69, 9.17) is 14.7 Å². The summed E-state index contributed by atoms with van der Waals surface area (Å²) in [4.78, 5) is 25.4. The molecule has 1 fully saturated rings. The van der Waals surface area contributed by atoms with E-state index in [9.17, 15) is 9.18 Å². The van der Waals surface area contributed by atoms with E-state index in [-0.39, 0.29) is 23.8 Å².